The minimum absolute atomic E-state index is 0.0373. The maximum atomic E-state index is 10.6. The fourth-order valence-corrected chi connectivity index (χ4v) is 1.38. The van der Waals surface area contributed by atoms with Gasteiger partial charge in [0, 0.05) is 12.6 Å². The Morgan fingerprint density at radius 1 is 0.947 bits per heavy atom. The Kier molecular flexibility index (Phi) is 13.6. The predicted molar refractivity (Wildman–Crippen MR) is 75.5 cm³/mol. The Morgan fingerprint density at radius 3 is 2.11 bits per heavy atom. The van der Waals surface area contributed by atoms with E-state index in [0.29, 0.717) is 32.5 Å². The van der Waals surface area contributed by atoms with Crippen molar-refractivity contribution in [1.29, 1.82) is 0 Å². The van der Waals surface area contributed by atoms with Gasteiger partial charge in [-0.1, -0.05) is 13.8 Å². The lowest BCUT2D eigenvalue weighted by Crippen LogP contribution is -2.23. The summed E-state index contributed by atoms with van der Waals surface area (Å²) in [5.41, 5.74) is 0. The zero-order chi connectivity index (χ0) is 14.3. The van der Waals surface area contributed by atoms with E-state index >= 15 is 0 Å². The van der Waals surface area contributed by atoms with Gasteiger partial charge in [-0.15, -0.1) is 0 Å². The first kappa shape index (κ1) is 18.5. The highest BCUT2D eigenvalue weighted by molar-refractivity contribution is 5.76. The average molecular weight is 275 g/mol. The first-order chi connectivity index (χ1) is 9.13. The molecule has 0 rings (SSSR count). The fourth-order valence-electron chi connectivity index (χ4n) is 1.38. The number of hydrogen-bond acceptors (Lipinski definition) is 5. The lowest BCUT2D eigenvalue weighted by molar-refractivity contribution is -0.122. The lowest BCUT2D eigenvalue weighted by atomic mass is 10.3. The number of carbonyl (C=O) groups is 1. The second-order valence-electron chi connectivity index (χ2n) is 4.80. The number of hydrogen-bond donors (Lipinski definition) is 1. The molecule has 0 aromatic heterocycles. The molecule has 5 heteroatoms. The molecular formula is C14H29NO4. The third-order valence-electron chi connectivity index (χ3n) is 2.32. The van der Waals surface area contributed by atoms with Gasteiger partial charge in [0.2, 0.25) is 0 Å². The molecule has 0 aliphatic heterocycles. The number of carbonyl (C=O) groups excluding carboxylic acids is 1. The van der Waals surface area contributed by atoms with Crippen LogP contribution in [0.5, 0.6) is 0 Å². The van der Waals surface area contributed by atoms with Crippen LogP contribution in [0.25, 0.3) is 0 Å². The monoisotopic (exact) mass is 275 g/mol. The molecule has 114 valence electrons. The molecule has 0 spiro atoms. The predicted octanol–water partition coefficient (Wildman–Crippen LogP) is 1.40. The van der Waals surface area contributed by atoms with Gasteiger partial charge in [0.15, 0.2) is 5.78 Å². The summed E-state index contributed by atoms with van der Waals surface area (Å²) in [6, 6.07) is 0.555. The van der Waals surface area contributed by atoms with E-state index in [2.05, 4.69) is 19.2 Å². The van der Waals surface area contributed by atoms with Crippen LogP contribution in [-0.2, 0) is 19.0 Å². The van der Waals surface area contributed by atoms with Crippen molar-refractivity contribution in [3.8, 4) is 0 Å². The summed E-state index contributed by atoms with van der Waals surface area (Å²) in [6.45, 7) is 9.96. The molecule has 0 heterocycles. The van der Waals surface area contributed by atoms with Crippen molar-refractivity contribution in [2.45, 2.75) is 39.7 Å². The summed E-state index contributed by atoms with van der Waals surface area (Å²) in [7, 11) is 0. The van der Waals surface area contributed by atoms with E-state index in [-0.39, 0.29) is 12.4 Å². The van der Waals surface area contributed by atoms with Crippen LogP contribution in [0, 0.1) is 0 Å². The van der Waals surface area contributed by atoms with Gasteiger partial charge in [0.05, 0.1) is 26.4 Å². The molecule has 5 nitrogen and oxygen atoms in total. The van der Waals surface area contributed by atoms with E-state index in [4.69, 9.17) is 14.2 Å². The van der Waals surface area contributed by atoms with Crippen LogP contribution in [0.2, 0.25) is 0 Å². The molecule has 0 atom stereocenters. The van der Waals surface area contributed by atoms with Gasteiger partial charge in [0.25, 0.3) is 0 Å². The third-order valence-corrected chi connectivity index (χ3v) is 2.32. The Hall–Kier alpha value is -0.490. The smallest absolute Gasteiger partial charge is 0.155 e. The van der Waals surface area contributed by atoms with Crippen LogP contribution in [0.3, 0.4) is 0 Å². The highest BCUT2D eigenvalue weighted by Gasteiger charge is 1.95. The highest BCUT2D eigenvalue weighted by Crippen LogP contribution is 1.90. The molecular weight excluding hydrogens is 246 g/mol. The maximum Gasteiger partial charge on any atom is 0.155 e. The molecule has 0 saturated heterocycles. The van der Waals surface area contributed by atoms with E-state index in [1.165, 1.54) is 6.92 Å². The second kappa shape index (κ2) is 13.9. The lowest BCUT2D eigenvalue weighted by Gasteiger charge is -2.08. The second-order valence-corrected chi connectivity index (χ2v) is 4.80. The first-order valence-corrected chi connectivity index (χ1v) is 7.09. The van der Waals surface area contributed by atoms with Crippen molar-refractivity contribution in [2.24, 2.45) is 0 Å². The highest BCUT2D eigenvalue weighted by atomic mass is 16.5. The minimum Gasteiger partial charge on any atom is -0.379 e. The zero-order valence-corrected chi connectivity index (χ0v) is 12.6. The topological polar surface area (TPSA) is 56.8 Å². The molecule has 0 aromatic rings. The number of rotatable bonds is 14. The average Bonchev–Trinajstić information content (AvgIpc) is 2.34. The molecule has 0 saturated carbocycles. The molecule has 0 unspecified atom stereocenters. The molecule has 19 heavy (non-hydrogen) atoms. The van der Waals surface area contributed by atoms with Gasteiger partial charge in [-0.05, 0) is 26.3 Å². The van der Waals surface area contributed by atoms with Crippen LogP contribution in [0.4, 0.5) is 0 Å². The van der Waals surface area contributed by atoms with E-state index < -0.39 is 0 Å². The molecule has 0 amide bonds. The quantitative estimate of drug-likeness (QED) is 0.486. The summed E-state index contributed by atoms with van der Waals surface area (Å²) in [5.74, 6) is 0.0373. The fraction of sp³-hybridized carbons (Fsp3) is 0.929. The van der Waals surface area contributed by atoms with Crippen molar-refractivity contribution >= 4 is 5.78 Å². The third kappa shape index (κ3) is 17.5. The van der Waals surface area contributed by atoms with Crippen molar-refractivity contribution in [3.05, 3.63) is 0 Å². The van der Waals surface area contributed by atoms with Crippen LogP contribution >= 0.6 is 0 Å². The summed E-state index contributed by atoms with van der Waals surface area (Å²) < 4.78 is 15.8. The summed E-state index contributed by atoms with van der Waals surface area (Å²) >= 11 is 0. The van der Waals surface area contributed by atoms with Gasteiger partial charge in [-0.3, -0.25) is 4.79 Å². The first-order valence-electron chi connectivity index (χ1n) is 7.09. The van der Waals surface area contributed by atoms with E-state index in [9.17, 15) is 4.79 Å². The number of ketones is 1. The molecule has 0 fully saturated rings. The summed E-state index contributed by atoms with van der Waals surface area (Å²) in [4.78, 5) is 10.6. The minimum atomic E-state index is 0.0373. The van der Waals surface area contributed by atoms with E-state index in [0.717, 1.165) is 26.0 Å². The van der Waals surface area contributed by atoms with Crippen LogP contribution in [0.15, 0.2) is 0 Å². The van der Waals surface area contributed by atoms with Crippen LogP contribution in [0.1, 0.15) is 33.6 Å². The summed E-state index contributed by atoms with van der Waals surface area (Å²) in [6.07, 6.45) is 2.21. The Labute approximate surface area is 117 Å². The van der Waals surface area contributed by atoms with Crippen LogP contribution in [-0.4, -0.2) is 58.0 Å². The van der Waals surface area contributed by atoms with E-state index in [1.54, 1.807) is 0 Å². The van der Waals surface area contributed by atoms with Crippen molar-refractivity contribution in [1.82, 2.24) is 5.32 Å². The van der Waals surface area contributed by atoms with E-state index in [1.807, 2.05) is 0 Å². The van der Waals surface area contributed by atoms with Gasteiger partial charge in [0.1, 0.15) is 6.61 Å². The number of Topliss-reactive ketones (excluding diaryl/α,β-unsaturated/α-hetero) is 1. The number of nitrogens with one attached hydrogen (secondary N) is 1. The zero-order valence-electron chi connectivity index (χ0n) is 12.6. The number of unbranched alkanes of at least 4 members (excludes halogenated alkanes) is 1. The van der Waals surface area contributed by atoms with Crippen LogP contribution < -0.4 is 5.32 Å². The standard InChI is InChI=1S/C14H29NO4/c1-13(2)15-6-4-5-7-17-8-9-18-10-11-19-12-14(3)16/h13,15H,4-12H2,1-3H3. The van der Waals surface area contributed by atoms with Gasteiger partial charge in [-0.2, -0.15) is 0 Å². The molecule has 1 N–H and O–H groups in total. The van der Waals surface area contributed by atoms with Crippen molar-refractivity contribution in [3.63, 3.8) is 0 Å². The Morgan fingerprint density at radius 2 is 1.53 bits per heavy atom. The molecule has 0 aliphatic rings. The summed E-state index contributed by atoms with van der Waals surface area (Å²) in [5, 5.41) is 3.37. The van der Waals surface area contributed by atoms with Gasteiger partial charge >= 0.3 is 0 Å². The number of ether oxygens (including phenoxy) is 3. The molecule has 0 aromatic carbocycles. The molecule has 0 radical (unpaired) electrons. The molecule has 0 bridgehead atoms. The Balaban J connectivity index is 2.97. The normalized spacial score (nSPS) is 11.2. The largest absolute Gasteiger partial charge is 0.379 e. The SMILES string of the molecule is CC(=O)COCCOCCOCCCCNC(C)C. The van der Waals surface area contributed by atoms with Crippen molar-refractivity contribution < 1.29 is 19.0 Å². The molecule has 0 aliphatic carbocycles. The Bertz CT molecular complexity index is 210. The van der Waals surface area contributed by atoms with Crippen molar-refractivity contribution in [2.75, 3.05) is 46.2 Å². The maximum absolute atomic E-state index is 10.6. The van der Waals surface area contributed by atoms with Gasteiger partial charge in [-0.25, -0.2) is 0 Å². The van der Waals surface area contributed by atoms with Gasteiger partial charge < -0.3 is 19.5 Å².